The predicted molar refractivity (Wildman–Crippen MR) is 77.8 cm³/mol. The Hall–Kier alpha value is -2.72. The SMILES string of the molecule is CN(/C=C(/C#N)C(=O)NCc1ccc2c(c1)OCO2)CCO. The average Bonchev–Trinajstić information content (AvgIpc) is 2.98. The average molecular weight is 303 g/mol. The number of fused-ring (bicyclic) bond motifs is 1. The summed E-state index contributed by atoms with van der Waals surface area (Å²) in [5, 5.41) is 20.5. The number of nitrogens with zero attached hydrogens (tertiary/aromatic N) is 2. The zero-order valence-corrected chi connectivity index (χ0v) is 12.2. The molecule has 0 bridgehead atoms. The van der Waals surface area contributed by atoms with Crippen molar-refractivity contribution in [3.8, 4) is 17.6 Å². The van der Waals surface area contributed by atoms with E-state index in [2.05, 4.69) is 5.32 Å². The minimum absolute atomic E-state index is 0.0170. The highest BCUT2D eigenvalue weighted by Gasteiger charge is 2.14. The van der Waals surface area contributed by atoms with Crippen LogP contribution in [0.3, 0.4) is 0 Å². The van der Waals surface area contributed by atoms with Crippen LogP contribution in [0.25, 0.3) is 0 Å². The number of rotatable bonds is 6. The van der Waals surface area contributed by atoms with Gasteiger partial charge in [0.2, 0.25) is 6.79 Å². The van der Waals surface area contributed by atoms with Gasteiger partial charge in [-0.15, -0.1) is 0 Å². The number of amides is 1. The molecule has 0 unspecified atom stereocenters. The number of aliphatic hydroxyl groups is 1. The molecule has 2 rings (SSSR count). The van der Waals surface area contributed by atoms with E-state index in [1.54, 1.807) is 24.1 Å². The van der Waals surface area contributed by atoms with E-state index in [0.29, 0.717) is 18.0 Å². The molecule has 2 N–H and O–H groups in total. The van der Waals surface area contributed by atoms with Crippen molar-refractivity contribution in [3.63, 3.8) is 0 Å². The van der Waals surface area contributed by atoms with Crippen LogP contribution < -0.4 is 14.8 Å². The third kappa shape index (κ3) is 3.90. The standard InChI is InChI=1S/C15H17N3O4/c1-18(4-5-19)9-12(7-16)15(20)17-8-11-2-3-13-14(6-11)22-10-21-13/h2-3,6,9,19H,4-5,8,10H2,1H3,(H,17,20)/b12-9-. The second kappa shape index (κ2) is 7.33. The van der Waals surface area contributed by atoms with Crippen LogP contribution in [0, 0.1) is 11.3 Å². The van der Waals surface area contributed by atoms with Gasteiger partial charge in [-0.25, -0.2) is 0 Å². The normalized spacial score (nSPS) is 12.7. The number of benzene rings is 1. The highest BCUT2D eigenvalue weighted by atomic mass is 16.7. The largest absolute Gasteiger partial charge is 0.454 e. The van der Waals surface area contributed by atoms with E-state index in [1.807, 2.05) is 12.1 Å². The first-order valence-corrected chi connectivity index (χ1v) is 6.74. The van der Waals surface area contributed by atoms with Crippen molar-refractivity contribution in [3.05, 3.63) is 35.5 Å². The number of ether oxygens (including phenoxy) is 2. The van der Waals surface area contributed by atoms with Crippen LogP contribution in [0.2, 0.25) is 0 Å². The molecule has 0 aromatic heterocycles. The summed E-state index contributed by atoms with van der Waals surface area (Å²) in [4.78, 5) is 13.6. The highest BCUT2D eigenvalue weighted by molar-refractivity contribution is 5.97. The molecule has 0 saturated heterocycles. The van der Waals surface area contributed by atoms with Gasteiger partial charge in [0, 0.05) is 26.3 Å². The number of hydrogen-bond donors (Lipinski definition) is 2. The van der Waals surface area contributed by atoms with E-state index in [4.69, 9.17) is 19.8 Å². The Balaban J connectivity index is 1.95. The fourth-order valence-corrected chi connectivity index (χ4v) is 1.91. The minimum Gasteiger partial charge on any atom is -0.454 e. The molecular weight excluding hydrogens is 286 g/mol. The zero-order valence-electron chi connectivity index (χ0n) is 12.2. The molecule has 1 aliphatic rings. The number of carbonyl (C=O) groups is 1. The molecule has 0 spiro atoms. The van der Waals surface area contributed by atoms with Gasteiger partial charge >= 0.3 is 0 Å². The summed E-state index contributed by atoms with van der Waals surface area (Å²) >= 11 is 0. The quantitative estimate of drug-likeness (QED) is 0.582. The van der Waals surface area contributed by atoms with Crippen molar-refractivity contribution in [1.29, 1.82) is 5.26 Å². The van der Waals surface area contributed by atoms with Crippen LogP contribution in [0.5, 0.6) is 11.5 Å². The summed E-state index contributed by atoms with van der Waals surface area (Å²) in [7, 11) is 1.68. The Bertz CT molecular complexity index is 622. The molecule has 1 aromatic rings. The molecule has 1 amide bonds. The molecule has 0 saturated carbocycles. The van der Waals surface area contributed by atoms with Crippen molar-refractivity contribution in [2.45, 2.75) is 6.54 Å². The molecule has 22 heavy (non-hydrogen) atoms. The summed E-state index contributed by atoms with van der Waals surface area (Å²) in [5.74, 6) is 0.855. The van der Waals surface area contributed by atoms with Gasteiger partial charge in [-0.05, 0) is 17.7 Å². The monoisotopic (exact) mass is 303 g/mol. The third-order valence-electron chi connectivity index (χ3n) is 3.06. The summed E-state index contributed by atoms with van der Waals surface area (Å²) in [6, 6.07) is 7.24. The number of nitrogens with one attached hydrogen (secondary N) is 1. The topological polar surface area (TPSA) is 94.8 Å². The van der Waals surface area contributed by atoms with Crippen molar-refractivity contribution >= 4 is 5.91 Å². The molecule has 1 heterocycles. The van der Waals surface area contributed by atoms with Gasteiger partial charge in [-0.2, -0.15) is 5.26 Å². The number of aliphatic hydroxyl groups excluding tert-OH is 1. The molecule has 0 atom stereocenters. The van der Waals surface area contributed by atoms with Crippen LogP contribution in [0.4, 0.5) is 0 Å². The van der Waals surface area contributed by atoms with Crippen molar-refractivity contribution in [2.75, 3.05) is 27.0 Å². The van der Waals surface area contributed by atoms with Crippen LogP contribution in [0.1, 0.15) is 5.56 Å². The van der Waals surface area contributed by atoms with Crippen LogP contribution in [0.15, 0.2) is 30.0 Å². The number of nitriles is 1. The second-order valence-corrected chi connectivity index (χ2v) is 4.73. The van der Waals surface area contributed by atoms with Crippen molar-refractivity contribution in [2.24, 2.45) is 0 Å². The lowest BCUT2D eigenvalue weighted by Crippen LogP contribution is -2.26. The molecule has 1 aliphatic heterocycles. The fourth-order valence-electron chi connectivity index (χ4n) is 1.91. The Morgan fingerprint density at radius 1 is 1.50 bits per heavy atom. The summed E-state index contributed by atoms with van der Waals surface area (Å²) in [6.07, 6.45) is 1.41. The van der Waals surface area contributed by atoms with Gasteiger partial charge in [0.05, 0.1) is 6.61 Å². The molecule has 0 radical (unpaired) electrons. The molecule has 0 fully saturated rings. The summed E-state index contributed by atoms with van der Waals surface area (Å²) < 4.78 is 10.5. The van der Waals surface area contributed by atoms with E-state index in [1.165, 1.54) is 6.20 Å². The first-order chi connectivity index (χ1) is 10.6. The number of hydrogen-bond acceptors (Lipinski definition) is 6. The van der Waals surface area contributed by atoms with E-state index in [9.17, 15) is 4.79 Å². The van der Waals surface area contributed by atoms with Gasteiger partial charge in [-0.3, -0.25) is 4.79 Å². The van der Waals surface area contributed by atoms with E-state index >= 15 is 0 Å². The minimum atomic E-state index is -0.468. The lowest BCUT2D eigenvalue weighted by atomic mass is 10.2. The molecule has 7 heteroatoms. The van der Waals surface area contributed by atoms with Gasteiger partial charge in [0.1, 0.15) is 11.6 Å². The number of carbonyl (C=O) groups excluding carboxylic acids is 1. The highest BCUT2D eigenvalue weighted by Crippen LogP contribution is 2.32. The fraction of sp³-hybridized carbons (Fsp3) is 0.333. The van der Waals surface area contributed by atoms with E-state index < -0.39 is 5.91 Å². The van der Waals surface area contributed by atoms with Crippen LogP contribution in [-0.4, -0.2) is 42.9 Å². The summed E-state index contributed by atoms with van der Waals surface area (Å²) in [5.41, 5.74) is 0.829. The van der Waals surface area contributed by atoms with Crippen LogP contribution >= 0.6 is 0 Å². The lowest BCUT2D eigenvalue weighted by Gasteiger charge is -2.12. The maximum atomic E-state index is 12.0. The first kappa shape index (κ1) is 15.7. The van der Waals surface area contributed by atoms with Crippen molar-refractivity contribution in [1.82, 2.24) is 10.2 Å². The van der Waals surface area contributed by atoms with Gasteiger partial charge in [0.25, 0.3) is 5.91 Å². The maximum Gasteiger partial charge on any atom is 0.263 e. The molecule has 116 valence electrons. The Morgan fingerprint density at radius 2 is 2.27 bits per heavy atom. The van der Waals surface area contributed by atoms with Crippen molar-refractivity contribution < 1.29 is 19.4 Å². The number of likely N-dealkylation sites (N-methyl/N-ethyl adjacent to an activating group) is 1. The Morgan fingerprint density at radius 3 is 3.00 bits per heavy atom. The summed E-state index contributed by atoms with van der Waals surface area (Å²) in [6.45, 7) is 0.771. The molecule has 1 aromatic carbocycles. The maximum absolute atomic E-state index is 12.0. The first-order valence-electron chi connectivity index (χ1n) is 6.74. The molecule has 7 nitrogen and oxygen atoms in total. The predicted octanol–water partition coefficient (Wildman–Crippen LogP) is 0.363. The second-order valence-electron chi connectivity index (χ2n) is 4.73. The van der Waals surface area contributed by atoms with Gasteiger partial charge < -0.3 is 24.8 Å². The lowest BCUT2D eigenvalue weighted by molar-refractivity contribution is -0.117. The third-order valence-corrected chi connectivity index (χ3v) is 3.06. The Labute approximate surface area is 128 Å². The zero-order chi connectivity index (χ0) is 15.9. The van der Waals surface area contributed by atoms with Gasteiger partial charge in [0.15, 0.2) is 11.5 Å². The molecule has 0 aliphatic carbocycles. The molecular formula is C15H17N3O4. The van der Waals surface area contributed by atoms with Crippen LogP contribution in [-0.2, 0) is 11.3 Å². The smallest absolute Gasteiger partial charge is 0.263 e. The van der Waals surface area contributed by atoms with E-state index in [-0.39, 0.29) is 25.5 Å². The van der Waals surface area contributed by atoms with E-state index in [0.717, 1.165) is 5.56 Å². The Kier molecular flexibility index (Phi) is 5.22. The van der Waals surface area contributed by atoms with Gasteiger partial charge in [-0.1, -0.05) is 6.07 Å².